The summed E-state index contributed by atoms with van der Waals surface area (Å²) >= 11 is 1.68. The molecule has 1 saturated heterocycles. The summed E-state index contributed by atoms with van der Waals surface area (Å²) in [5, 5.41) is 18.5. The van der Waals surface area contributed by atoms with Crippen molar-refractivity contribution >= 4 is 32.8 Å². The third kappa shape index (κ3) is 4.60. The number of aromatic nitrogens is 3. The van der Waals surface area contributed by atoms with Crippen LogP contribution >= 0.6 is 11.3 Å². The molecule has 3 aromatic heterocycles. The predicted molar refractivity (Wildman–Crippen MR) is 139 cm³/mol. The van der Waals surface area contributed by atoms with Crippen LogP contribution in [0.25, 0.3) is 26.0 Å². The van der Waals surface area contributed by atoms with Crippen LogP contribution < -0.4 is 15.8 Å². The molecule has 4 aromatic rings. The fourth-order valence-electron chi connectivity index (χ4n) is 4.78. The molecule has 0 radical (unpaired) electrons. The number of aliphatic hydroxyl groups is 1. The van der Waals surface area contributed by atoms with Crippen LogP contribution in [0.1, 0.15) is 23.7 Å². The zero-order chi connectivity index (χ0) is 24.4. The topological polar surface area (TPSA) is 110 Å². The van der Waals surface area contributed by atoms with E-state index in [1.165, 1.54) is 11.9 Å². The second kappa shape index (κ2) is 10.5. The fourth-order valence-corrected chi connectivity index (χ4v) is 5.99. The Morgan fingerprint density at radius 3 is 2.80 bits per heavy atom. The number of thiophene rings is 1. The Hall–Kier alpha value is -2.76. The van der Waals surface area contributed by atoms with Crippen LogP contribution in [0.2, 0.25) is 0 Å². The molecular weight excluding hydrogens is 464 g/mol. The SMILES string of the molecule is CCc1cc(OC)c2sc(-c3c(COCCO)c(CN4CCNCC4)n4ncnc(N)c34)cc2c1. The maximum absolute atomic E-state index is 9.35. The average molecular weight is 497 g/mol. The monoisotopic (exact) mass is 496 g/mol. The molecule has 1 fully saturated rings. The van der Waals surface area contributed by atoms with Crippen LogP contribution in [-0.4, -0.2) is 71.1 Å². The van der Waals surface area contributed by atoms with Crippen LogP contribution in [-0.2, 0) is 24.3 Å². The van der Waals surface area contributed by atoms with Crippen molar-refractivity contribution in [2.75, 3.05) is 52.2 Å². The van der Waals surface area contributed by atoms with Gasteiger partial charge in [-0.1, -0.05) is 13.0 Å². The summed E-state index contributed by atoms with van der Waals surface area (Å²) in [6.07, 6.45) is 2.44. The summed E-state index contributed by atoms with van der Waals surface area (Å²) in [5.74, 6) is 1.31. The van der Waals surface area contributed by atoms with Gasteiger partial charge in [-0.25, -0.2) is 9.50 Å². The van der Waals surface area contributed by atoms with Gasteiger partial charge in [0.1, 0.15) is 17.6 Å². The van der Waals surface area contributed by atoms with Crippen LogP contribution in [0, 0.1) is 0 Å². The molecule has 186 valence electrons. The van der Waals surface area contributed by atoms with Crippen molar-refractivity contribution in [2.24, 2.45) is 0 Å². The number of aliphatic hydroxyl groups excluding tert-OH is 1. The summed E-state index contributed by atoms with van der Waals surface area (Å²) < 4.78 is 14.6. The number of fused-ring (bicyclic) bond motifs is 2. The Morgan fingerprint density at radius 1 is 1.23 bits per heavy atom. The van der Waals surface area contributed by atoms with E-state index in [2.05, 4.69) is 45.4 Å². The molecule has 4 N–H and O–H groups in total. The lowest BCUT2D eigenvalue weighted by atomic mass is 10.1. The second-order valence-corrected chi connectivity index (χ2v) is 9.74. The van der Waals surface area contributed by atoms with E-state index in [1.807, 2.05) is 4.52 Å². The van der Waals surface area contributed by atoms with Crippen molar-refractivity contribution in [1.82, 2.24) is 24.8 Å². The number of nitrogens with one attached hydrogen (secondary N) is 1. The van der Waals surface area contributed by atoms with Crippen LogP contribution in [0.5, 0.6) is 5.75 Å². The van der Waals surface area contributed by atoms with Crippen molar-refractivity contribution in [1.29, 1.82) is 0 Å². The second-order valence-electron chi connectivity index (χ2n) is 8.69. The number of rotatable bonds is 9. The number of nitrogens with zero attached hydrogens (tertiary/aromatic N) is 4. The number of methoxy groups -OCH3 is 1. The highest BCUT2D eigenvalue weighted by Crippen LogP contribution is 2.44. The Balaban J connectivity index is 1.72. The van der Waals surface area contributed by atoms with Crippen molar-refractivity contribution in [2.45, 2.75) is 26.5 Å². The number of nitrogen functional groups attached to an aromatic ring is 1. The van der Waals surface area contributed by atoms with Crippen LogP contribution in [0.15, 0.2) is 24.5 Å². The molecular formula is C25H32N6O3S. The van der Waals surface area contributed by atoms with Gasteiger partial charge >= 0.3 is 0 Å². The molecule has 5 rings (SSSR count). The van der Waals surface area contributed by atoms with Gasteiger partial charge in [-0.15, -0.1) is 11.3 Å². The Labute approximate surface area is 208 Å². The van der Waals surface area contributed by atoms with Crippen molar-refractivity contribution < 1.29 is 14.6 Å². The molecule has 0 spiro atoms. The van der Waals surface area contributed by atoms with Gasteiger partial charge in [0.25, 0.3) is 0 Å². The van der Waals surface area contributed by atoms with Gasteiger partial charge in [-0.2, -0.15) is 5.10 Å². The highest BCUT2D eigenvalue weighted by Gasteiger charge is 2.26. The Kier molecular flexibility index (Phi) is 7.17. The quantitative estimate of drug-likeness (QED) is 0.304. The highest BCUT2D eigenvalue weighted by atomic mass is 32.1. The van der Waals surface area contributed by atoms with Gasteiger partial charge in [0.15, 0.2) is 5.82 Å². The first-order chi connectivity index (χ1) is 17.1. The summed E-state index contributed by atoms with van der Waals surface area (Å²) in [4.78, 5) is 7.81. The van der Waals surface area contributed by atoms with Gasteiger partial charge < -0.3 is 25.6 Å². The van der Waals surface area contributed by atoms with E-state index in [4.69, 9.17) is 15.2 Å². The minimum Gasteiger partial charge on any atom is -0.495 e. The number of benzene rings is 1. The molecule has 1 aromatic carbocycles. The largest absolute Gasteiger partial charge is 0.495 e. The van der Waals surface area contributed by atoms with Gasteiger partial charge in [0.05, 0.1) is 37.3 Å². The normalized spacial score (nSPS) is 14.8. The number of nitrogens with two attached hydrogens (primary N) is 1. The van der Waals surface area contributed by atoms with E-state index < -0.39 is 0 Å². The number of hydrogen-bond donors (Lipinski definition) is 3. The first kappa shape index (κ1) is 24.0. The standard InChI is InChI=1S/C25H32N6O3S/c1-3-16-10-17-12-21(35-24(17)20(11-16)33-2)22-18(14-34-9-8-32)19(13-30-6-4-27-5-7-30)31-23(22)25(26)28-15-29-31/h10-12,15,27,32H,3-9,13-14H2,1-2H3,(H2,26,28,29). The predicted octanol–water partition coefficient (Wildman–Crippen LogP) is 2.68. The van der Waals surface area contributed by atoms with E-state index in [1.54, 1.807) is 18.4 Å². The first-order valence-electron chi connectivity index (χ1n) is 12.0. The minimum atomic E-state index is -0.0301. The third-order valence-electron chi connectivity index (χ3n) is 6.54. The number of piperazine rings is 1. The number of ether oxygens (including phenoxy) is 2. The zero-order valence-corrected chi connectivity index (χ0v) is 21.0. The number of aryl methyl sites for hydroxylation is 1. The van der Waals surface area contributed by atoms with Crippen LogP contribution in [0.3, 0.4) is 0 Å². The zero-order valence-electron chi connectivity index (χ0n) is 20.2. The van der Waals surface area contributed by atoms with Crippen molar-refractivity contribution in [3.8, 4) is 16.2 Å². The summed E-state index contributed by atoms with van der Waals surface area (Å²) in [5.41, 5.74) is 11.6. The molecule has 0 bridgehead atoms. The maximum atomic E-state index is 9.35. The summed E-state index contributed by atoms with van der Waals surface area (Å²) in [6.45, 7) is 7.29. The molecule has 0 amide bonds. The molecule has 4 heterocycles. The van der Waals surface area contributed by atoms with Gasteiger partial charge in [0.2, 0.25) is 0 Å². The Bertz CT molecular complexity index is 1330. The van der Waals surface area contributed by atoms with E-state index in [-0.39, 0.29) is 13.2 Å². The van der Waals surface area contributed by atoms with Gasteiger partial charge in [-0.05, 0) is 29.5 Å². The first-order valence-corrected chi connectivity index (χ1v) is 12.8. The molecule has 0 aliphatic carbocycles. The molecule has 10 heteroatoms. The number of anilines is 1. The summed E-state index contributed by atoms with van der Waals surface area (Å²) in [6, 6.07) is 6.53. The van der Waals surface area contributed by atoms with E-state index in [9.17, 15) is 5.11 Å². The summed E-state index contributed by atoms with van der Waals surface area (Å²) in [7, 11) is 1.72. The lowest BCUT2D eigenvalue weighted by Gasteiger charge is -2.27. The van der Waals surface area contributed by atoms with E-state index in [0.29, 0.717) is 12.4 Å². The fraction of sp³-hybridized carbons (Fsp3) is 0.440. The van der Waals surface area contributed by atoms with Crippen molar-refractivity contribution in [3.05, 3.63) is 41.3 Å². The molecule has 9 nitrogen and oxygen atoms in total. The number of hydrogen-bond acceptors (Lipinski definition) is 9. The van der Waals surface area contributed by atoms with E-state index >= 15 is 0 Å². The lowest BCUT2D eigenvalue weighted by molar-refractivity contribution is 0.0808. The molecule has 1 aliphatic heterocycles. The molecule has 0 unspecified atom stereocenters. The Morgan fingerprint density at radius 2 is 2.06 bits per heavy atom. The van der Waals surface area contributed by atoms with Crippen molar-refractivity contribution in [3.63, 3.8) is 0 Å². The maximum Gasteiger partial charge on any atom is 0.152 e. The molecule has 1 aliphatic rings. The lowest BCUT2D eigenvalue weighted by Crippen LogP contribution is -2.43. The van der Waals surface area contributed by atoms with Gasteiger partial charge in [0, 0.05) is 48.7 Å². The van der Waals surface area contributed by atoms with Gasteiger partial charge in [-0.3, -0.25) is 4.90 Å². The molecule has 35 heavy (non-hydrogen) atoms. The smallest absolute Gasteiger partial charge is 0.152 e. The molecule has 0 saturated carbocycles. The molecule has 0 atom stereocenters. The van der Waals surface area contributed by atoms with E-state index in [0.717, 1.165) is 82.2 Å². The minimum absolute atomic E-state index is 0.0301. The highest BCUT2D eigenvalue weighted by molar-refractivity contribution is 7.22. The average Bonchev–Trinajstić information content (AvgIpc) is 3.44. The third-order valence-corrected chi connectivity index (χ3v) is 7.73. The van der Waals surface area contributed by atoms with Crippen LogP contribution in [0.4, 0.5) is 5.82 Å².